The predicted molar refractivity (Wildman–Crippen MR) is 153 cm³/mol. The molecule has 0 bridgehead atoms. The number of nitrogens with zero attached hydrogens (tertiary/aromatic N) is 4. The number of amides is 2. The Morgan fingerprint density at radius 2 is 1.68 bits per heavy atom. The van der Waals surface area contributed by atoms with E-state index >= 15 is 0 Å². The monoisotopic (exact) mass is 554 g/mol. The molecule has 2 fully saturated rings. The van der Waals surface area contributed by atoms with Crippen LogP contribution in [-0.4, -0.2) is 65.8 Å². The summed E-state index contributed by atoms with van der Waals surface area (Å²) >= 11 is 0. The van der Waals surface area contributed by atoms with E-state index in [1.807, 2.05) is 52.3 Å². The van der Waals surface area contributed by atoms with Crippen molar-refractivity contribution in [2.75, 3.05) is 39.3 Å². The Kier molecular flexibility index (Phi) is 8.80. The van der Waals surface area contributed by atoms with Gasteiger partial charge in [-0.2, -0.15) is 5.26 Å². The average molecular weight is 555 g/mol. The highest BCUT2D eigenvalue weighted by Gasteiger charge is 2.31. The summed E-state index contributed by atoms with van der Waals surface area (Å²) in [6.07, 6.45) is 2.81. The largest absolute Gasteiger partial charge is 0.482 e. The highest BCUT2D eigenvalue weighted by Crippen LogP contribution is 2.24. The summed E-state index contributed by atoms with van der Waals surface area (Å²) in [7, 11) is 0. The van der Waals surface area contributed by atoms with Gasteiger partial charge in [-0.3, -0.25) is 19.3 Å². The highest BCUT2D eigenvalue weighted by atomic mass is 16.5. The molecule has 0 saturated carbocycles. The molecule has 0 unspecified atom stereocenters. The van der Waals surface area contributed by atoms with Crippen LogP contribution in [0.4, 0.5) is 0 Å². The highest BCUT2D eigenvalue weighted by molar-refractivity contribution is 5.80. The number of carbonyl (C=O) groups is 2. The van der Waals surface area contributed by atoms with Crippen LogP contribution in [0.15, 0.2) is 70.1 Å². The number of piperidine rings is 1. The van der Waals surface area contributed by atoms with Crippen LogP contribution in [0.25, 0.3) is 11.1 Å². The molecule has 212 valence electrons. The van der Waals surface area contributed by atoms with Gasteiger partial charge in [-0.25, -0.2) is 0 Å². The van der Waals surface area contributed by atoms with Gasteiger partial charge < -0.3 is 19.0 Å². The minimum absolute atomic E-state index is 0.0130. The lowest BCUT2D eigenvalue weighted by Crippen LogP contribution is -2.51. The van der Waals surface area contributed by atoms with Crippen LogP contribution in [0.2, 0.25) is 0 Å². The first-order chi connectivity index (χ1) is 19.9. The Morgan fingerprint density at radius 3 is 2.34 bits per heavy atom. The van der Waals surface area contributed by atoms with E-state index in [1.165, 1.54) is 12.3 Å². The van der Waals surface area contributed by atoms with Gasteiger partial charge >= 0.3 is 0 Å². The van der Waals surface area contributed by atoms with E-state index in [9.17, 15) is 19.6 Å². The van der Waals surface area contributed by atoms with Crippen LogP contribution in [0.3, 0.4) is 0 Å². The molecule has 0 N–H and O–H groups in total. The van der Waals surface area contributed by atoms with Crippen LogP contribution in [-0.2, 0) is 22.7 Å². The molecule has 1 aromatic heterocycles. The molecule has 2 amide bonds. The van der Waals surface area contributed by atoms with Crippen LogP contribution in [0, 0.1) is 17.2 Å². The summed E-state index contributed by atoms with van der Waals surface area (Å²) in [6, 6.07) is 18.8. The molecular formula is C32H34N4O5. The number of hydrogen-bond donors (Lipinski definition) is 0. The third-order valence-electron chi connectivity index (χ3n) is 7.91. The second-order valence-corrected chi connectivity index (χ2v) is 10.6. The molecule has 5 rings (SSSR count). The first kappa shape index (κ1) is 28.1. The number of piperazine rings is 1. The summed E-state index contributed by atoms with van der Waals surface area (Å²) in [5.41, 5.74) is 3.08. The summed E-state index contributed by atoms with van der Waals surface area (Å²) < 4.78 is 11.5. The molecule has 0 radical (unpaired) electrons. The summed E-state index contributed by atoms with van der Waals surface area (Å²) in [5, 5.41) is 9.34. The molecule has 2 saturated heterocycles. The maximum atomic E-state index is 13.0. The summed E-state index contributed by atoms with van der Waals surface area (Å²) in [4.78, 5) is 43.1. The fraction of sp³-hybridized carbons (Fsp3) is 0.375. The Bertz CT molecular complexity index is 1480. The van der Waals surface area contributed by atoms with Crippen LogP contribution in [0.5, 0.6) is 5.75 Å². The number of carbonyl (C=O) groups excluding carboxylic acids is 2. The van der Waals surface area contributed by atoms with Crippen LogP contribution < -0.4 is 10.2 Å². The van der Waals surface area contributed by atoms with Crippen molar-refractivity contribution in [2.24, 2.45) is 5.92 Å². The maximum Gasteiger partial charge on any atom is 0.227 e. The molecule has 3 heterocycles. The van der Waals surface area contributed by atoms with E-state index in [0.29, 0.717) is 57.1 Å². The predicted octanol–water partition coefficient (Wildman–Crippen LogP) is 3.66. The van der Waals surface area contributed by atoms with Crippen molar-refractivity contribution in [2.45, 2.75) is 32.9 Å². The third-order valence-corrected chi connectivity index (χ3v) is 7.91. The molecule has 2 aromatic carbocycles. The smallest absolute Gasteiger partial charge is 0.227 e. The number of nitriles is 1. The van der Waals surface area contributed by atoms with Crippen LogP contribution in [0.1, 0.15) is 36.7 Å². The lowest BCUT2D eigenvalue weighted by Gasteiger charge is -2.38. The van der Waals surface area contributed by atoms with Gasteiger partial charge in [0.2, 0.25) is 23.0 Å². The van der Waals surface area contributed by atoms with Gasteiger partial charge in [0.15, 0.2) is 0 Å². The van der Waals surface area contributed by atoms with Gasteiger partial charge in [-0.15, -0.1) is 0 Å². The van der Waals surface area contributed by atoms with Crippen LogP contribution >= 0.6 is 0 Å². The van der Waals surface area contributed by atoms with Gasteiger partial charge in [0.1, 0.15) is 18.6 Å². The zero-order valence-corrected chi connectivity index (χ0v) is 23.3. The second kappa shape index (κ2) is 12.8. The normalized spacial score (nSPS) is 16.3. The quantitative estimate of drug-likeness (QED) is 0.439. The number of hydrogen-bond acceptors (Lipinski definition) is 7. The van der Waals surface area contributed by atoms with Crippen molar-refractivity contribution >= 4 is 11.8 Å². The maximum absolute atomic E-state index is 13.0. The molecule has 9 nitrogen and oxygen atoms in total. The van der Waals surface area contributed by atoms with E-state index in [0.717, 1.165) is 29.5 Å². The Labute approximate surface area is 239 Å². The van der Waals surface area contributed by atoms with Crippen molar-refractivity contribution in [1.82, 2.24) is 14.7 Å². The zero-order valence-electron chi connectivity index (χ0n) is 23.3. The van der Waals surface area contributed by atoms with E-state index in [2.05, 4.69) is 11.0 Å². The van der Waals surface area contributed by atoms with Gasteiger partial charge in [0.05, 0.1) is 18.2 Å². The molecule has 0 atom stereocenters. The van der Waals surface area contributed by atoms with Crippen molar-refractivity contribution in [3.8, 4) is 22.9 Å². The summed E-state index contributed by atoms with van der Waals surface area (Å²) in [6.45, 7) is 6.25. The lowest BCUT2D eigenvalue weighted by molar-refractivity contribution is -0.141. The van der Waals surface area contributed by atoms with E-state index in [-0.39, 0.29) is 35.5 Å². The van der Waals surface area contributed by atoms with Crippen molar-refractivity contribution in [3.63, 3.8) is 0 Å². The standard InChI is InChI=1S/C32H34N4O5/c1-23(37)35-12-10-26(11-13-35)32(39)36-16-14-34(15-17-36)20-28-18-30(38)31(22-40-28)41-21-24-6-8-25(9-7-24)29-5-3-2-4-27(29)19-33/h2-9,18,22,26H,10-17,20-21H2,1H3. The number of benzene rings is 2. The Hall–Kier alpha value is -4.42. The van der Waals surface area contributed by atoms with Gasteiger partial charge in [0.25, 0.3) is 0 Å². The number of likely N-dealkylation sites (tertiary alicyclic amines) is 1. The minimum atomic E-state index is -0.239. The SMILES string of the molecule is CC(=O)N1CCC(C(=O)N2CCN(Cc3cc(=O)c(OCc4ccc(-c5ccccc5C#N)cc4)co3)CC2)CC1. The topological polar surface area (TPSA) is 107 Å². The lowest BCUT2D eigenvalue weighted by atomic mass is 9.95. The minimum Gasteiger partial charge on any atom is -0.482 e. The van der Waals surface area contributed by atoms with Gasteiger partial charge in [0, 0.05) is 58.2 Å². The molecule has 2 aliphatic rings. The average Bonchev–Trinajstić information content (AvgIpc) is 3.01. The number of rotatable bonds is 7. The van der Waals surface area contributed by atoms with Crippen molar-refractivity contribution in [3.05, 3.63) is 88.0 Å². The van der Waals surface area contributed by atoms with Crippen molar-refractivity contribution in [1.29, 1.82) is 5.26 Å². The van der Waals surface area contributed by atoms with E-state index in [1.54, 1.807) is 13.0 Å². The van der Waals surface area contributed by atoms with E-state index in [4.69, 9.17) is 9.15 Å². The zero-order chi connectivity index (χ0) is 28.8. The molecule has 3 aromatic rings. The second-order valence-electron chi connectivity index (χ2n) is 10.6. The first-order valence-electron chi connectivity index (χ1n) is 14.0. The Morgan fingerprint density at radius 1 is 0.976 bits per heavy atom. The number of ether oxygens (including phenoxy) is 1. The van der Waals surface area contributed by atoms with Crippen molar-refractivity contribution < 1.29 is 18.7 Å². The first-order valence-corrected chi connectivity index (χ1v) is 14.0. The van der Waals surface area contributed by atoms with E-state index < -0.39 is 0 Å². The fourth-order valence-corrected chi connectivity index (χ4v) is 5.45. The van der Waals surface area contributed by atoms with Gasteiger partial charge in [-0.05, 0) is 35.6 Å². The van der Waals surface area contributed by atoms with Gasteiger partial charge in [-0.1, -0.05) is 42.5 Å². The molecule has 2 aliphatic heterocycles. The molecular weight excluding hydrogens is 520 g/mol. The third kappa shape index (κ3) is 6.84. The molecule has 9 heteroatoms. The molecule has 0 aliphatic carbocycles. The molecule has 41 heavy (non-hydrogen) atoms. The summed E-state index contributed by atoms with van der Waals surface area (Å²) in [5.74, 6) is 0.947. The Balaban J connectivity index is 1.09. The molecule has 0 spiro atoms. The fourth-order valence-electron chi connectivity index (χ4n) is 5.45.